The number of carbonyl (C=O) groups excluding carboxylic acids is 1. The Hall–Kier alpha value is -0.530. The second kappa shape index (κ2) is 3.69. The number of aliphatic hydroxyl groups is 4. The third-order valence-electron chi connectivity index (χ3n) is 2.03. The van der Waals surface area contributed by atoms with Crippen molar-refractivity contribution in [2.45, 2.75) is 30.5 Å². The lowest BCUT2D eigenvalue weighted by Gasteiger charge is -2.23. The van der Waals surface area contributed by atoms with Crippen molar-refractivity contribution in [3.63, 3.8) is 0 Å². The molecule has 0 saturated carbocycles. The number of hydrogen-bond acceptors (Lipinski definition) is 6. The van der Waals surface area contributed by atoms with Gasteiger partial charge in [0, 0.05) is 0 Å². The van der Waals surface area contributed by atoms with Gasteiger partial charge in [0.15, 0.2) is 0 Å². The average Bonchev–Trinajstić information content (AvgIpc) is 2.29. The predicted octanol–water partition coefficient (Wildman–Crippen LogP) is -2.62. The minimum absolute atomic E-state index is 0.591. The van der Waals surface area contributed by atoms with Crippen LogP contribution >= 0.6 is 0 Å². The lowest BCUT2D eigenvalue weighted by molar-refractivity contribution is -0.229. The van der Waals surface area contributed by atoms with Gasteiger partial charge in [0.2, 0.25) is 5.79 Å². The maximum atomic E-state index is 10.4. The maximum absolute atomic E-state index is 10.4. The number of rotatable bonds is 3. The van der Waals surface area contributed by atoms with Crippen LogP contribution in [0, 0.1) is 0 Å². The molecule has 1 aliphatic rings. The molecule has 0 radical (unpaired) electrons. The van der Waals surface area contributed by atoms with E-state index in [9.17, 15) is 20.1 Å². The van der Waals surface area contributed by atoms with Crippen LogP contribution in [0.1, 0.15) is 7.79 Å². The van der Waals surface area contributed by atoms with Crippen molar-refractivity contribution in [1.82, 2.24) is 0 Å². The van der Waals surface area contributed by atoms with Crippen LogP contribution in [0.15, 0.2) is 0 Å². The zero-order chi connectivity index (χ0) is 10.9. The van der Waals surface area contributed by atoms with Crippen molar-refractivity contribution in [2.24, 2.45) is 0 Å². The fourth-order valence-electron chi connectivity index (χ4n) is 1.27. The van der Waals surface area contributed by atoms with E-state index >= 15 is 0 Å². The first-order valence-electron chi connectivity index (χ1n) is 4.27. The standard InChI is InChI=1S/C7H12O6/c8-2-1-7(12)6(11)5(10)4(3-9)13-7/h2,4-6,9-12H,1,3H2/t4-,5-,6+,7?/m1/s1/i2D. The Bertz CT molecular complexity index is 234. The number of carbonyl (C=O) groups is 1. The van der Waals surface area contributed by atoms with Crippen LogP contribution < -0.4 is 0 Å². The Morgan fingerprint density at radius 2 is 2.23 bits per heavy atom. The summed E-state index contributed by atoms with van der Waals surface area (Å²) in [7, 11) is 0. The molecular weight excluding hydrogens is 180 g/mol. The highest BCUT2D eigenvalue weighted by atomic mass is 16.7. The van der Waals surface area contributed by atoms with Crippen LogP contribution in [0.4, 0.5) is 0 Å². The number of hydrogen-bond donors (Lipinski definition) is 4. The summed E-state index contributed by atoms with van der Waals surface area (Å²) >= 11 is 0. The van der Waals surface area contributed by atoms with E-state index in [-0.39, 0.29) is 0 Å². The highest BCUT2D eigenvalue weighted by Crippen LogP contribution is 2.30. The van der Waals surface area contributed by atoms with E-state index in [0.29, 0.717) is 0 Å². The topological polar surface area (TPSA) is 107 Å². The molecule has 1 aliphatic heterocycles. The highest BCUT2D eigenvalue weighted by Gasteiger charge is 2.52. The molecule has 1 fully saturated rings. The monoisotopic (exact) mass is 193 g/mol. The lowest BCUT2D eigenvalue weighted by atomic mass is 10.0. The average molecular weight is 193 g/mol. The first kappa shape index (κ1) is 9.04. The minimum atomic E-state index is -2.27. The van der Waals surface area contributed by atoms with Gasteiger partial charge >= 0.3 is 0 Å². The number of aldehydes is 1. The Morgan fingerprint density at radius 1 is 1.62 bits per heavy atom. The molecule has 0 spiro atoms. The van der Waals surface area contributed by atoms with Crippen LogP contribution in [-0.4, -0.2) is 57.4 Å². The molecule has 1 heterocycles. The normalized spacial score (nSPS) is 46.2. The summed E-state index contributed by atoms with van der Waals surface area (Å²) in [6.07, 6.45) is -6.19. The van der Waals surface area contributed by atoms with Crippen LogP contribution in [0.5, 0.6) is 0 Å². The van der Waals surface area contributed by atoms with Gasteiger partial charge in [-0.15, -0.1) is 0 Å². The molecule has 0 aromatic rings. The summed E-state index contributed by atoms with van der Waals surface area (Å²) in [5, 5.41) is 36.7. The van der Waals surface area contributed by atoms with Gasteiger partial charge in [-0.3, -0.25) is 0 Å². The van der Waals surface area contributed by atoms with Crippen LogP contribution in [0.2, 0.25) is 0 Å². The first-order valence-corrected chi connectivity index (χ1v) is 3.77. The fraction of sp³-hybridized carbons (Fsp3) is 0.857. The zero-order valence-electron chi connectivity index (χ0n) is 7.75. The molecule has 0 aliphatic carbocycles. The number of ether oxygens (including phenoxy) is 1. The molecule has 6 heteroatoms. The van der Waals surface area contributed by atoms with E-state index in [2.05, 4.69) is 0 Å². The third kappa shape index (κ3) is 1.72. The molecule has 1 saturated heterocycles. The molecule has 76 valence electrons. The second-order valence-electron chi connectivity index (χ2n) is 2.94. The van der Waals surface area contributed by atoms with Gasteiger partial charge in [-0.05, 0) is 0 Å². The Labute approximate surface area is 75.8 Å². The molecule has 0 aromatic carbocycles. The van der Waals surface area contributed by atoms with Crippen molar-refractivity contribution in [1.29, 1.82) is 0 Å². The molecule has 1 rings (SSSR count). The molecule has 0 aromatic heterocycles. The summed E-state index contributed by atoms with van der Waals surface area (Å²) in [6.45, 7) is -0.591. The summed E-state index contributed by atoms with van der Waals surface area (Å²) in [6, 6.07) is 0. The third-order valence-corrected chi connectivity index (χ3v) is 2.03. The second-order valence-corrected chi connectivity index (χ2v) is 2.94. The van der Waals surface area contributed by atoms with Crippen molar-refractivity contribution >= 4 is 6.26 Å². The van der Waals surface area contributed by atoms with E-state index in [0.717, 1.165) is 0 Å². The van der Waals surface area contributed by atoms with Crippen LogP contribution in [-0.2, 0) is 9.53 Å². The summed E-state index contributed by atoms with van der Waals surface area (Å²) in [5.74, 6) is -2.27. The summed E-state index contributed by atoms with van der Waals surface area (Å²) in [4.78, 5) is 10.4. The van der Waals surface area contributed by atoms with Crippen molar-refractivity contribution in [3.8, 4) is 0 Å². The molecule has 4 N–H and O–H groups in total. The van der Waals surface area contributed by atoms with Gasteiger partial charge < -0.3 is 30.0 Å². The quantitative estimate of drug-likeness (QED) is 0.365. The van der Waals surface area contributed by atoms with E-state index in [1.165, 1.54) is 0 Å². The largest absolute Gasteiger partial charge is 0.394 e. The Balaban J connectivity index is 2.76. The molecule has 6 nitrogen and oxygen atoms in total. The van der Waals surface area contributed by atoms with Gasteiger partial charge in [-0.25, -0.2) is 0 Å². The smallest absolute Gasteiger partial charge is 0.201 e. The molecule has 0 amide bonds. The summed E-state index contributed by atoms with van der Waals surface area (Å²) in [5.41, 5.74) is 0. The number of aliphatic hydroxyl groups excluding tert-OH is 3. The van der Waals surface area contributed by atoms with Gasteiger partial charge in [0.05, 0.1) is 13.0 Å². The molecule has 0 bridgehead atoms. The fourth-order valence-corrected chi connectivity index (χ4v) is 1.27. The highest BCUT2D eigenvalue weighted by molar-refractivity contribution is 5.51. The van der Waals surface area contributed by atoms with E-state index in [1.807, 2.05) is 0 Å². The van der Waals surface area contributed by atoms with Crippen molar-refractivity contribution in [2.75, 3.05) is 6.61 Å². The van der Waals surface area contributed by atoms with Gasteiger partial charge in [-0.1, -0.05) is 0 Å². The van der Waals surface area contributed by atoms with Gasteiger partial charge in [0.1, 0.15) is 25.9 Å². The van der Waals surface area contributed by atoms with Crippen LogP contribution in [0.25, 0.3) is 0 Å². The minimum Gasteiger partial charge on any atom is -0.394 e. The zero-order valence-corrected chi connectivity index (χ0v) is 6.75. The van der Waals surface area contributed by atoms with E-state index in [4.69, 9.17) is 11.2 Å². The van der Waals surface area contributed by atoms with Gasteiger partial charge in [0.25, 0.3) is 0 Å². The van der Waals surface area contributed by atoms with Crippen LogP contribution in [0.3, 0.4) is 0 Å². The maximum Gasteiger partial charge on any atom is 0.201 e. The molecular formula is C7H12O6. The Kier molecular flexibility index (Phi) is 2.56. The molecule has 4 atom stereocenters. The van der Waals surface area contributed by atoms with E-state index in [1.54, 1.807) is 0 Å². The summed E-state index contributed by atoms with van der Waals surface area (Å²) < 4.78 is 11.3. The predicted molar refractivity (Wildman–Crippen MR) is 39.6 cm³/mol. The van der Waals surface area contributed by atoms with Gasteiger partial charge in [-0.2, -0.15) is 0 Å². The molecule has 1 unspecified atom stereocenters. The molecule has 13 heavy (non-hydrogen) atoms. The van der Waals surface area contributed by atoms with Crippen molar-refractivity contribution < 1.29 is 31.3 Å². The SMILES string of the molecule is [2H]C(=O)CC1(O)O[C@H](CO)[C@@H](O)[C@@H]1O. The Morgan fingerprint density at radius 3 is 2.62 bits per heavy atom. The van der Waals surface area contributed by atoms with E-state index < -0.39 is 43.4 Å². The van der Waals surface area contributed by atoms with Crippen molar-refractivity contribution in [3.05, 3.63) is 0 Å². The first-order chi connectivity index (χ1) is 6.40. The lowest BCUT2D eigenvalue weighted by Crippen LogP contribution is -2.43.